The first kappa shape index (κ1) is 16.3. The number of pyridine rings is 1. The smallest absolute Gasteiger partial charge is 0.229 e. The first-order valence-corrected chi connectivity index (χ1v) is 8.83. The zero-order chi connectivity index (χ0) is 16.6. The van der Waals surface area contributed by atoms with E-state index in [2.05, 4.69) is 68.3 Å². The predicted octanol–water partition coefficient (Wildman–Crippen LogP) is 4.37. The Balaban J connectivity index is 1.62. The number of azo groups is 1. The molecule has 1 aromatic carbocycles. The van der Waals surface area contributed by atoms with Gasteiger partial charge in [-0.1, -0.05) is 6.07 Å². The normalized spacial score (nSPS) is 11.0. The van der Waals surface area contributed by atoms with Crippen molar-refractivity contribution in [3.63, 3.8) is 0 Å². The van der Waals surface area contributed by atoms with E-state index in [-0.39, 0.29) is 0 Å². The van der Waals surface area contributed by atoms with Gasteiger partial charge in [-0.2, -0.15) is 0 Å². The predicted molar refractivity (Wildman–Crippen MR) is 97.3 cm³/mol. The van der Waals surface area contributed by atoms with E-state index in [1.54, 1.807) is 6.20 Å². The Hall–Kier alpha value is -2.60. The molecule has 0 radical (unpaired) electrons. The molecule has 6 heteroatoms. The van der Waals surface area contributed by atoms with E-state index in [0.29, 0.717) is 5.13 Å². The molecule has 0 aliphatic rings. The maximum absolute atomic E-state index is 4.22. The molecule has 2 heterocycles. The average Bonchev–Trinajstić information content (AvgIpc) is 3.16. The van der Waals surface area contributed by atoms with Gasteiger partial charge in [0.05, 0.1) is 12.2 Å². The van der Waals surface area contributed by atoms with Crippen LogP contribution in [0.5, 0.6) is 0 Å². The number of hydrogen-bond acceptors (Lipinski definition) is 5. The molecule has 0 fully saturated rings. The highest BCUT2D eigenvalue weighted by atomic mass is 32.1. The minimum atomic E-state index is 0.675. The summed E-state index contributed by atoms with van der Waals surface area (Å²) in [6, 6.07) is 14.3. The van der Waals surface area contributed by atoms with Gasteiger partial charge in [-0.15, -0.1) is 21.6 Å². The molecule has 2 aromatic heterocycles. The van der Waals surface area contributed by atoms with Gasteiger partial charge >= 0.3 is 0 Å². The lowest BCUT2D eigenvalue weighted by Crippen LogP contribution is -2.40. The molecule has 0 aliphatic carbocycles. The summed E-state index contributed by atoms with van der Waals surface area (Å²) in [5, 5.41) is 10.9. The van der Waals surface area contributed by atoms with E-state index < -0.39 is 0 Å². The zero-order valence-corrected chi connectivity index (χ0v) is 14.4. The highest BCUT2D eigenvalue weighted by Gasteiger charge is 2.07. The molecule has 0 unspecified atom stereocenters. The van der Waals surface area contributed by atoms with Gasteiger partial charge in [-0.25, -0.2) is 9.55 Å². The second-order valence-electron chi connectivity index (χ2n) is 5.22. The van der Waals surface area contributed by atoms with Crippen LogP contribution in [0, 0.1) is 0 Å². The maximum atomic E-state index is 4.22. The fourth-order valence-electron chi connectivity index (χ4n) is 2.39. The van der Waals surface area contributed by atoms with Crippen molar-refractivity contribution in [2.75, 3.05) is 18.0 Å². The lowest BCUT2D eigenvalue weighted by Gasteiger charge is -2.21. The summed E-state index contributed by atoms with van der Waals surface area (Å²) >= 11 is 1.48. The molecule has 0 spiro atoms. The number of likely N-dealkylation sites (N-methyl/N-ethyl adjacent to an activating group) is 1. The monoisotopic (exact) mass is 338 g/mol. The molecule has 122 valence electrons. The molecule has 0 atom stereocenters. The van der Waals surface area contributed by atoms with Gasteiger partial charge in [0.15, 0.2) is 18.9 Å². The molecule has 0 N–H and O–H groups in total. The van der Waals surface area contributed by atoms with Crippen LogP contribution in [0.15, 0.2) is 76.7 Å². The summed E-state index contributed by atoms with van der Waals surface area (Å²) in [5.74, 6) is 0. The third kappa shape index (κ3) is 4.45. The Bertz CT molecular complexity index is 754. The Morgan fingerprint density at radius 3 is 2.54 bits per heavy atom. The van der Waals surface area contributed by atoms with Gasteiger partial charge in [0.25, 0.3) is 0 Å². The number of rotatable bonds is 7. The Morgan fingerprint density at radius 2 is 1.88 bits per heavy atom. The van der Waals surface area contributed by atoms with Crippen LogP contribution in [0.2, 0.25) is 0 Å². The largest absolute Gasteiger partial charge is 0.365 e. The molecule has 0 saturated heterocycles. The highest BCUT2D eigenvalue weighted by molar-refractivity contribution is 7.13. The third-order valence-corrected chi connectivity index (χ3v) is 4.33. The van der Waals surface area contributed by atoms with Gasteiger partial charge < -0.3 is 4.90 Å². The van der Waals surface area contributed by atoms with Crippen molar-refractivity contribution in [2.24, 2.45) is 10.2 Å². The average molecular weight is 338 g/mol. The maximum Gasteiger partial charge on any atom is 0.229 e. The number of benzene rings is 1. The quantitative estimate of drug-likeness (QED) is 0.474. The minimum absolute atomic E-state index is 0.675. The Kier molecular flexibility index (Phi) is 5.63. The highest BCUT2D eigenvalue weighted by Crippen LogP contribution is 2.23. The number of hydrogen-bond donors (Lipinski definition) is 0. The van der Waals surface area contributed by atoms with Crippen molar-refractivity contribution in [3.05, 3.63) is 66.4 Å². The summed E-state index contributed by atoms with van der Waals surface area (Å²) in [6.45, 7) is 5.06. The van der Waals surface area contributed by atoms with Crippen molar-refractivity contribution in [1.82, 2.24) is 4.98 Å². The number of thiazole rings is 1. The first-order valence-electron chi connectivity index (χ1n) is 7.95. The standard InChI is InChI=1S/C18H20N5S/c1-2-23(14-13-22-11-4-3-5-12-22)17-8-6-16(7-9-17)20-21-18-19-10-15-24-18/h3-12,15H,2,13-14H2,1H3/q+1. The molecule has 0 aliphatic heterocycles. The summed E-state index contributed by atoms with van der Waals surface area (Å²) in [6.07, 6.45) is 5.91. The van der Waals surface area contributed by atoms with Gasteiger partial charge in [0.1, 0.15) is 0 Å². The lowest BCUT2D eigenvalue weighted by molar-refractivity contribution is -0.694. The molecule has 24 heavy (non-hydrogen) atoms. The molecule has 0 amide bonds. The zero-order valence-electron chi connectivity index (χ0n) is 13.6. The van der Waals surface area contributed by atoms with Crippen LogP contribution in [0.4, 0.5) is 16.5 Å². The van der Waals surface area contributed by atoms with E-state index in [4.69, 9.17) is 0 Å². The van der Waals surface area contributed by atoms with E-state index in [1.807, 2.05) is 23.6 Å². The van der Waals surface area contributed by atoms with Gasteiger partial charge in [0.2, 0.25) is 5.13 Å². The molecule has 3 aromatic rings. The summed E-state index contributed by atoms with van der Waals surface area (Å²) in [7, 11) is 0. The van der Waals surface area contributed by atoms with Gasteiger partial charge in [-0.3, -0.25) is 0 Å². The molecule has 0 saturated carbocycles. The summed E-state index contributed by atoms with van der Waals surface area (Å²) < 4.78 is 2.19. The fourth-order valence-corrected chi connectivity index (χ4v) is 2.84. The second kappa shape index (κ2) is 8.31. The number of nitrogens with zero attached hydrogens (tertiary/aromatic N) is 5. The minimum Gasteiger partial charge on any atom is -0.365 e. The Morgan fingerprint density at radius 1 is 1.08 bits per heavy atom. The van der Waals surface area contributed by atoms with Crippen molar-refractivity contribution in [2.45, 2.75) is 13.5 Å². The molecule has 0 bridgehead atoms. The van der Waals surface area contributed by atoms with Crippen LogP contribution in [0.25, 0.3) is 0 Å². The van der Waals surface area contributed by atoms with Crippen LogP contribution in [-0.2, 0) is 6.54 Å². The van der Waals surface area contributed by atoms with Crippen LogP contribution >= 0.6 is 11.3 Å². The van der Waals surface area contributed by atoms with E-state index in [1.165, 1.54) is 17.0 Å². The van der Waals surface area contributed by atoms with E-state index >= 15 is 0 Å². The molecular weight excluding hydrogens is 318 g/mol. The SMILES string of the molecule is CCN(CC[n+]1ccccc1)c1ccc(N=Nc2nccs2)cc1. The first-order chi connectivity index (χ1) is 11.8. The van der Waals surface area contributed by atoms with Crippen LogP contribution < -0.4 is 9.47 Å². The summed E-state index contributed by atoms with van der Waals surface area (Å²) in [4.78, 5) is 6.44. The topological polar surface area (TPSA) is 44.7 Å². The number of aromatic nitrogens is 2. The second-order valence-corrected chi connectivity index (χ2v) is 6.10. The van der Waals surface area contributed by atoms with Gasteiger partial charge in [0, 0.05) is 35.9 Å². The Labute approximate surface area is 146 Å². The van der Waals surface area contributed by atoms with Crippen molar-refractivity contribution < 1.29 is 4.57 Å². The van der Waals surface area contributed by atoms with Gasteiger partial charge in [-0.05, 0) is 31.2 Å². The van der Waals surface area contributed by atoms with Crippen molar-refractivity contribution in [3.8, 4) is 0 Å². The van der Waals surface area contributed by atoms with Crippen molar-refractivity contribution in [1.29, 1.82) is 0 Å². The lowest BCUT2D eigenvalue weighted by atomic mass is 10.2. The van der Waals surface area contributed by atoms with Crippen molar-refractivity contribution >= 4 is 27.8 Å². The third-order valence-electron chi connectivity index (χ3n) is 3.67. The van der Waals surface area contributed by atoms with E-state index in [9.17, 15) is 0 Å². The van der Waals surface area contributed by atoms with E-state index in [0.717, 1.165) is 25.3 Å². The summed E-state index contributed by atoms with van der Waals surface area (Å²) in [5.41, 5.74) is 2.03. The molecule has 3 rings (SSSR count). The molecule has 5 nitrogen and oxygen atoms in total. The number of anilines is 1. The van der Waals surface area contributed by atoms with Crippen LogP contribution in [-0.4, -0.2) is 18.1 Å². The van der Waals surface area contributed by atoms with Crippen LogP contribution in [0.1, 0.15) is 6.92 Å². The molecular formula is C18H20N5S+. The van der Waals surface area contributed by atoms with Crippen LogP contribution in [0.3, 0.4) is 0 Å². The fraction of sp³-hybridized carbons (Fsp3) is 0.222.